The summed E-state index contributed by atoms with van der Waals surface area (Å²) in [5, 5.41) is 4.92. The van der Waals surface area contributed by atoms with Gasteiger partial charge in [0.05, 0.1) is 36.1 Å². The topological polar surface area (TPSA) is 145 Å². The van der Waals surface area contributed by atoms with Gasteiger partial charge >= 0.3 is 0 Å². The van der Waals surface area contributed by atoms with E-state index in [1.165, 1.54) is 12.1 Å². The van der Waals surface area contributed by atoms with Crippen molar-refractivity contribution >= 4 is 38.6 Å². The summed E-state index contributed by atoms with van der Waals surface area (Å²) in [5.41, 5.74) is 8.38. The highest BCUT2D eigenvalue weighted by Gasteiger charge is 2.50. The molecule has 42 heavy (non-hydrogen) atoms. The number of primary amides is 1. The van der Waals surface area contributed by atoms with E-state index in [9.17, 15) is 22.0 Å². The number of aromatic nitrogens is 4. The number of hydrogen-bond donors (Lipinski definition) is 2. The molecule has 0 unspecified atom stereocenters. The summed E-state index contributed by atoms with van der Waals surface area (Å²) in [6.45, 7) is 2.80. The van der Waals surface area contributed by atoms with Crippen molar-refractivity contribution in [3.8, 4) is 11.1 Å². The first-order chi connectivity index (χ1) is 19.9. The summed E-state index contributed by atoms with van der Waals surface area (Å²) in [7, 11) is -1.92. The average Bonchev–Trinajstić information content (AvgIpc) is 3.15. The van der Waals surface area contributed by atoms with E-state index in [-0.39, 0.29) is 24.1 Å². The van der Waals surface area contributed by atoms with Crippen LogP contribution in [0.5, 0.6) is 0 Å². The Labute approximate surface area is 240 Å². The van der Waals surface area contributed by atoms with Gasteiger partial charge in [0.25, 0.3) is 0 Å². The van der Waals surface area contributed by atoms with Crippen molar-refractivity contribution in [1.29, 1.82) is 0 Å². The number of nitrogens with two attached hydrogens (primary N) is 1. The highest BCUT2D eigenvalue weighted by molar-refractivity contribution is 7.92. The third kappa shape index (κ3) is 5.39. The molecule has 2 aliphatic rings. The van der Waals surface area contributed by atoms with E-state index in [4.69, 9.17) is 15.5 Å². The zero-order chi connectivity index (χ0) is 29.8. The molecule has 1 atom stereocenters. The molecule has 0 bridgehead atoms. The molecule has 0 radical (unpaired) electrons. The molecule has 11 nitrogen and oxygen atoms in total. The van der Waals surface area contributed by atoms with Crippen molar-refractivity contribution in [3.05, 3.63) is 65.5 Å². The summed E-state index contributed by atoms with van der Waals surface area (Å²) in [5.74, 6) is -2.09. The molecular weight excluding hydrogens is 568 g/mol. The normalized spacial score (nSPS) is 16.7. The molecule has 2 aromatic heterocycles. The van der Waals surface area contributed by atoms with E-state index in [0.29, 0.717) is 52.4 Å². The number of carbonyl (C=O) groups excluding carboxylic acids is 1. The maximum absolute atomic E-state index is 14.1. The lowest BCUT2D eigenvalue weighted by Crippen LogP contribution is -2.66. The molecule has 4 heterocycles. The van der Waals surface area contributed by atoms with Crippen LogP contribution in [-0.2, 0) is 33.0 Å². The SMILES string of the molecule is Cn1nc(NS(C)(=O)=O)c2cccc(-c3cnc(N4CC5(COC5)C4)nc3[C@H](CC(N)=O)Cc3cc(F)cc(F)c3)c21. The molecular formula is C28H29F2N7O4S. The van der Waals surface area contributed by atoms with Crippen LogP contribution in [0, 0.1) is 17.0 Å². The van der Waals surface area contributed by atoms with Crippen molar-refractivity contribution < 1.29 is 26.7 Å². The van der Waals surface area contributed by atoms with Crippen LogP contribution in [0.25, 0.3) is 22.0 Å². The average molecular weight is 598 g/mol. The molecule has 220 valence electrons. The highest BCUT2D eigenvalue weighted by atomic mass is 32.2. The third-order valence-corrected chi connectivity index (χ3v) is 8.20. The van der Waals surface area contributed by atoms with E-state index in [2.05, 4.69) is 14.8 Å². The monoisotopic (exact) mass is 597 g/mol. The number of halogens is 2. The zero-order valence-electron chi connectivity index (χ0n) is 23.0. The van der Waals surface area contributed by atoms with Crippen LogP contribution in [0.15, 0.2) is 42.6 Å². The number of sulfonamides is 1. The first kappa shape index (κ1) is 28.0. The molecule has 0 saturated carbocycles. The van der Waals surface area contributed by atoms with Crippen molar-refractivity contribution in [2.24, 2.45) is 18.2 Å². The van der Waals surface area contributed by atoms with Gasteiger partial charge in [-0.1, -0.05) is 12.1 Å². The Balaban J connectivity index is 1.50. The number of amides is 1. The van der Waals surface area contributed by atoms with Gasteiger partial charge < -0.3 is 15.4 Å². The first-order valence-electron chi connectivity index (χ1n) is 13.3. The Morgan fingerprint density at radius 1 is 1.17 bits per heavy atom. The minimum atomic E-state index is -3.61. The first-order valence-corrected chi connectivity index (χ1v) is 15.2. The summed E-state index contributed by atoms with van der Waals surface area (Å²) < 4.78 is 61.6. The predicted octanol–water partition coefficient (Wildman–Crippen LogP) is 2.72. The standard InChI is InChI=1S/C28H29F2N7O4S/c1-36-25-20(4-3-5-21(25)26(34-36)35-42(2,39)40)22-11-32-27(37-12-28(13-37)14-41-15-28)33-24(22)17(9-23(31)38)6-16-7-18(29)10-19(30)8-16/h3-5,7-8,10-11,17H,6,9,12-15H2,1-2H3,(H2,31,38)(H,34,35)/t17-/m0/s1. The number of anilines is 2. The quantitative estimate of drug-likeness (QED) is 0.300. The molecule has 4 aromatic rings. The van der Waals surface area contributed by atoms with Crippen molar-refractivity contribution in [1.82, 2.24) is 19.7 Å². The Morgan fingerprint density at radius 3 is 2.50 bits per heavy atom. The second kappa shape index (κ2) is 10.3. The maximum Gasteiger partial charge on any atom is 0.231 e. The largest absolute Gasteiger partial charge is 0.380 e. The lowest BCUT2D eigenvalue weighted by molar-refractivity contribution is -0.127. The molecule has 2 fully saturated rings. The van der Waals surface area contributed by atoms with E-state index in [1.807, 2.05) is 11.0 Å². The third-order valence-electron chi connectivity index (χ3n) is 7.63. The highest BCUT2D eigenvalue weighted by Crippen LogP contribution is 2.42. The number of hydrogen-bond acceptors (Lipinski definition) is 8. The lowest BCUT2D eigenvalue weighted by Gasteiger charge is -2.54. The Kier molecular flexibility index (Phi) is 6.84. The number of nitrogens with zero attached hydrogens (tertiary/aromatic N) is 5. The summed E-state index contributed by atoms with van der Waals surface area (Å²) in [6.07, 6.45) is 2.65. The van der Waals surface area contributed by atoms with Crippen molar-refractivity contribution in [3.63, 3.8) is 0 Å². The second-order valence-electron chi connectivity index (χ2n) is 11.2. The van der Waals surface area contributed by atoms with Gasteiger partial charge in [-0.15, -0.1) is 0 Å². The molecule has 1 amide bonds. The van der Waals surface area contributed by atoms with Gasteiger partial charge in [0, 0.05) is 61.3 Å². The molecule has 14 heteroatoms. The number of carbonyl (C=O) groups is 1. The number of fused-ring (bicyclic) bond motifs is 1. The zero-order valence-corrected chi connectivity index (χ0v) is 23.8. The number of nitrogens with one attached hydrogen (secondary N) is 1. The van der Waals surface area contributed by atoms with Gasteiger partial charge in [-0.2, -0.15) is 5.10 Å². The van der Waals surface area contributed by atoms with Crippen LogP contribution in [-0.4, -0.2) is 66.6 Å². The van der Waals surface area contributed by atoms with Crippen molar-refractivity contribution in [2.75, 3.05) is 42.2 Å². The number of benzene rings is 2. The van der Waals surface area contributed by atoms with E-state index in [0.717, 1.165) is 25.4 Å². The molecule has 2 aliphatic heterocycles. The molecule has 6 rings (SSSR count). The fourth-order valence-electron chi connectivity index (χ4n) is 5.86. The van der Waals surface area contributed by atoms with E-state index >= 15 is 0 Å². The summed E-state index contributed by atoms with van der Waals surface area (Å²) in [4.78, 5) is 23.9. The summed E-state index contributed by atoms with van der Waals surface area (Å²) in [6, 6.07) is 8.55. The van der Waals surface area contributed by atoms with E-state index in [1.54, 1.807) is 30.1 Å². The maximum atomic E-state index is 14.1. The van der Waals surface area contributed by atoms with Gasteiger partial charge in [0.1, 0.15) is 11.6 Å². The minimum absolute atomic E-state index is 0.0844. The minimum Gasteiger partial charge on any atom is -0.380 e. The fourth-order valence-corrected chi connectivity index (χ4v) is 6.36. The van der Waals surface area contributed by atoms with Gasteiger partial charge in [-0.3, -0.25) is 14.2 Å². The van der Waals surface area contributed by atoms with Gasteiger partial charge in [0.2, 0.25) is 21.9 Å². The van der Waals surface area contributed by atoms with Crippen molar-refractivity contribution in [2.45, 2.75) is 18.8 Å². The number of aryl methyl sites for hydroxylation is 1. The van der Waals surface area contributed by atoms with Crippen LogP contribution in [0.3, 0.4) is 0 Å². The molecule has 2 aromatic carbocycles. The Bertz CT molecular complexity index is 1800. The van der Waals surface area contributed by atoms with Crippen LogP contribution in [0.4, 0.5) is 20.5 Å². The van der Waals surface area contributed by atoms with E-state index < -0.39 is 33.5 Å². The molecule has 2 saturated heterocycles. The predicted molar refractivity (Wildman–Crippen MR) is 152 cm³/mol. The lowest BCUT2D eigenvalue weighted by atomic mass is 9.78. The summed E-state index contributed by atoms with van der Waals surface area (Å²) >= 11 is 0. The molecule has 1 spiro atoms. The van der Waals surface area contributed by atoms with Gasteiger partial charge in [-0.05, 0) is 30.2 Å². The van der Waals surface area contributed by atoms with Gasteiger partial charge in [0.15, 0.2) is 5.82 Å². The number of rotatable bonds is 9. The van der Waals surface area contributed by atoms with Crippen LogP contribution >= 0.6 is 0 Å². The Morgan fingerprint density at radius 2 is 1.88 bits per heavy atom. The van der Waals surface area contributed by atoms with Gasteiger partial charge in [-0.25, -0.2) is 27.2 Å². The second-order valence-corrected chi connectivity index (χ2v) is 13.0. The van der Waals surface area contributed by atoms with Crippen LogP contribution in [0.2, 0.25) is 0 Å². The van der Waals surface area contributed by atoms with Crippen LogP contribution < -0.4 is 15.4 Å². The fraction of sp³-hybridized carbons (Fsp3) is 0.357. The molecule has 3 N–H and O–H groups in total. The van der Waals surface area contributed by atoms with Crippen LogP contribution in [0.1, 0.15) is 23.6 Å². The number of ether oxygens (including phenoxy) is 1. The number of para-hydroxylation sites is 1. The Hall–Kier alpha value is -4.17. The smallest absolute Gasteiger partial charge is 0.231 e. The molecule has 0 aliphatic carbocycles.